The standard InChI is InChI=1S/C16H25NO/c1-16(2,3)15(9-10-18)17-11-14(12-17)13-7-5-4-6-8-13/h4-8,14-15,18H,9-12H2,1-3H3. The topological polar surface area (TPSA) is 23.5 Å². The van der Waals surface area contributed by atoms with Crippen LogP contribution in [0.4, 0.5) is 0 Å². The lowest BCUT2D eigenvalue weighted by Gasteiger charge is -2.49. The van der Waals surface area contributed by atoms with Crippen molar-refractivity contribution < 1.29 is 5.11 Å². The molecule has 0 aromatic heterocycles. The zero-order valence-electron chi connectivity index (χ0n) is 11.8. The molecule has 1 aliphatic heterocycles. The highest BCUT2D eigenvalue weighted by Crippen LogP contribution is 2.35. The molecule has 0 radical (unpaired) electrons. The van der Waals surface area contributed by atoms with E-state index in [2.05, 4.69) is 56.0 Å². The average Bonchev–Trinajstić information content (AvgIpc) is 2.26. The second-order valence-electron chi connectivity index (χ2n) is 6.46. The minimum atomic E-state index is 0.240. The van der Waals surface area contributed by atoms with E-state index in [1.807, 2.05) is 0 Å². The van der Waals surface area contributed by atoms with E-state index >= 15 is 0 Å². The normalized spacial score (nSPS) is 19.6. The molecule has 1 atom stereocenters. The molecule has 1 saturated heterocycles. The summed E-state index contributed by atoms with van der Waals surface area (Å²) in [5.74, 6) is 0.676. The molecule has 1 aliphatic rings. The molecule has 1 heterocycles. The van der Waals surface area contributed by atoms with E-state index in [9.17, 15) is 5.11 Å². The summed E-state index contributed by atoms with van der Waals surface area (Å²) in [6.07, 6.45) is 0.880. The predicted molar refractivity (Wildman–Crippen MR) is 75.7 cm³/mol. The molecule has 18 heavy (non-hydrogen) atoms. The van der Waals surface area contributed by atoms with Crippen LogP contribution in [0.2, 0.25) is 0 Å². The number of hydrogen-bond acceptors (Lipinski definition) is 2. The first kappa shape index (κ1) is 13.6. The van der Waals surface area contributed by atoms with Crippen molar-refractivity contribution in [3.05, 3.63) is 35.9 Å². The zero-order valence-corrected chi connectivity index (χ0v) is 11.8. The lowest BCUT2D eigenvalue weighted by Crippen LogP contribution is -2.55. The molecule has 0 spiro atoms. The summed E-state index contributed by atoms with van der Waals surface area (Å²) < 4.78 is 0. The predicted octanol–water partition coefficient (Wildman–Crippen LogP) is 2.88. The molecule has 1 fully saturated rings. The lowest BCUT2D eigenvalue weighted by atomic mass is 9.79. The molecule has 2 rings (SSSR count). The Bertz CT molecular complexity index is 362. The molecule has 0 bridgehead atoms. The van der Waals surface area contributed by atoms with Crippen molar-refractivity contribution in [2.45, 2.75) is 39.2 Å². The van der Waals surface area contributed by atoms with Gasteiger partial charge < -0.3 is 5.11 Å². The van der Waals surface area contributed by atoms with Crippen LogP contribution in [0.3, 0.4) is 0 Å². The van der Waals surface area contributed by atoms with Gasteiger partial charge in [0.25, 0.3) is 0 Å². The van der Waals surface area contributed by atoms with E-state index in [1.54, 1.807) is 0 Å². The first-order valence-electron chi connectivity index (χ1n) is 6.92. The van der Waals surface area contributed by atoms with Gasteiger partial charge in [-0.25, -0.2) is 0 Å². The van der Waals surface area contributed by atoms with Crippen molar-refractivity contribution in [2.75, 3.05) is 19.7 Å². The fourth-order valence-corrected chi connectivity index (χ4v) is 2.99. The van der Waals surface area contributed by atoms with Crippen molar-refractivity contribution in [1.82, 2.24) is 4.90 Å². The van der Waals surface area contributed by atoms with Gasteiger partial charge in [-0.1, -0.05) is 51.1 Å². The lowest BCUT2D eigenvalue weighted by molar-refractivity contribution is 0.0149. The monoisotopic (exact) mass is 247 g/mol. The highest BCUT2D eigenvalue weighted by molar-refractivity contribution is 5.23. The van der Waals surface area contributed by atoms with Gasteiger partial charge in [0, 0.05) is 31.7 Å². The molecule has 0 saturated carbocycles. The highest BCUT2D eigenvalue weighted by Gasteiger charge is 2.38. The van der Waals surface area contributed by atoms with Gasteiger partial charge in [-0.05, 0) is 17.4 Å². The smallest absolute Gasteiger partial charge is 0.0446 e. The Hall–Kier alpha value is -0.860. The Labute approximate surface area is 111 Å². The molecule has 1 unspecified atom stereocenters. The minimum absolute atomic E-state index is 0.240. The maximum Gasteiger partial charge on any atom is 0.0446 e. The van der Waals surface area contributed by atoms with Crippen molar-refractivity contribution in [3.8, 4) is 0 Å². The van der Waals surface area contributed by atoms with E-state index in [4.69, 9.17) is 0 Å². The number of aliphatic hydroxyl groups excluding tert-OH is 1. The molecule has 0 amide bonds. The van der Waals surface area contributed by atoms with Gasteiger partial charge in [0.2, 0.25) is 0 Å². The number of likely N-dealkylation sites (tertiary alicyclic amines) is 1. The maximum absolute atomic E-state index is 9.22. The molecule has 0 aliphatic carbocycles. The number of nitrogens with zero attached hydrogens (tertiary/aromatic N) is 1. The number of hydrogen-bond donors (Lipinski definition) is 1. The van der Waals surface area contributed by atoms with Crippen molar-refractivity contribution in [1.29, 1.82) is 0 Å². The largest absolute Gasteiger partial charge is 0.396 e. The maximum atomic E-state index is 9.22. The summed E-state index contributed by atoms with van der Waals surface area (Å²) >= 11 is 0. The van der Waals surface area contributed by atoms with Crippen LogP contribution in [0.1, 0.15) is 38.7 Å². The van der Waals surface area contributed by atoms with Crippen molar-refractivity contribution in [2.24, 2.45) is 5.41 Å². The van der Waals surface area contributed by atoms with Crippen LogP contribution in [0, 0.1) is 5.41 Å². The second-order valence-corrected chi connectivity index (χ2v) is 6.46. The molecule has 1 aromatic rings. The quantitative estimate of drug-likeness (QED) is 0.884. The summed E-state index contributed by atoms with van der Waals surface area (Å²) in [7, 11) is 0. The SMILES string of the molecule is CC(C)(C)C(CCO)N1CC(c2ccccc2)C1. The number of benzene rings is 1. The summed E-state index contributed by atoms with van der Waals surface area (Å²) in [6.45, 7) is 9.35. The third-order valence-electron chi connectivity index (χ3n) is 4.02. The number of aliphatic hydroxyl groups is 1. The summed E-state index contributed by atoms with van der Waals surface area (Å²) in [6, 6.07) is 11.2. The van der Waals surface area contributed by atoms with Crippen LogP contribution in [-0.2, 0) is 0 Å². The molecule has 1 N–H and O–H groups in total. The number of rotatable bonds is 4. The molecule has 2 heteroatoms. The Balaban J connectivity index is 1.95. The molecule has 1 aromatic carbocycles. The van der Waals surface area contributed by atoms with Gasteiger partial charge >= 0.3 is 0 Å². The Morgan fingerprint density at radius 3 is 2.33 bits per heavy atom. The van der Waals surface area contributed by atoms with Gasteiger partial charge in [-0.2, -0.15) is 0 Å². The summed E-state index contributed by atoms with van der Waals surface area (Å²) in [5, 5.41) is 9.22. The third kappa shape index (κ3) is 2.93. The van der Waals surface area contributed by atoms with Gasteiger partial charge in [0.15, 0.2) is 0 Å². The Morgan fingerprint density at radius 2 is 1.83 bits per heavy atom. The molecular formula is C16H25NO. The summed E-state index contributed by atoms with van der Waals surface area (Å²) in [5.41, 5.74) is 1.69. The van der Waals surface area contributed by atoms with E-state index < -0.39 is 0 Å². The van der Waals surface area contributed by atoms with Crippen molar-refractivity contribution >= 4 is 0 Å². The van der Waals surface area contributed by atoms with Crippen LogP contribution < -0.4 is 0 Å². The van der Waals surface area contributed by atoms with Crippen LogP contribution in [-0.4, -0.2) is 35.7 Å². The highest BCUT2D eigenvalue weighted by atomic mass is 16.3. The zero-order chi connectivity index (χ0) is 13.2. The molecule has 2 nitrogen and oxygen atoms in total. The van der Waals surface area contributed by atoms with Crippen LogP contribution in [0.15, 0.2) is 30.3 Å². The molecular weight excluding hydrogens is 222 g/mol. The second kappa shape index (κ2) is 5.41. The third-order valence-corrected chi connectivity index (χ3v) is 4.02. The van der Waals surface area contributed by atoms with E-state index in [-0.39, 0.29) is 12.0 Å². The van der Waals surface area contributed by atoms with Crippen LogP contribution in [0.25, 0.3) is 0 Å². The van der Waals surface area contributed by atoms with E-state index in [1.165, 1.54) is 5.56 Å². The van der Waals surface area contributed by atoms with Gasteiger partial charge in [-0.3, -0.25) is 4.90 Å². The fourth-order valence-electron chi connectivity index (χ4n) is 2.99. The Morgan fingerprint density at radius 1 is 1.22 bits per heavy atom. The van der Waals surface area contributed by atoms with E-state index in [0.717, 1.165) is 19.5 Å². The average molecular weight is 247 g/mol. The van der Waals surface area contributed by atoms with Gasteiger partial charge in [0.05, 0.1) is 0 Å². The van der Waals surface area contributed by atoms with Gasteiger partial charge in [-0.15, -0.1) is 0 Å². The fraction of sp³-hybridized carbons (Fsp3) is 0.625. The van der Waals surface area contributed by atoms with Crippen LogP contribution >= 0.6 is 0 Å². The first-order chi connectivity index (χ1) is 8.52. The van der Waals surface area contributed by atoms with Crippen molar-refractivity contribution in [3.63, 3.8) is 0 Å². The first-order valence-corrected chi connectivity index (χ1v) is 6.92. The minimum Gasteiger partial charge on any atom is -0.396 e. The summed E-state index contributed by atoms with van der Waals surface area (Å²) in [4.78, 5) is 2.52. The van der Waals surface area contributed by atoms with E-state index in [0.29, 0.717) is 12.0 Å². The van der Waals surface area contributed by atoms with Crippen LogP contribution in [0.5, 0.6) is 0 Å². The van der Waals surface area contributed by atoms with Gasteiger partial charge in [0.1, 0.15) is 0 Å². The molecule has 100 valence electrons. The Kier molecular flexibility index (Phi) is 4.08.